The van der Waals surface area contributed by atoms with Crippen molar-refractivity contribution in [2.24, 2.45) is 0 Å². The molecule has 0 spiro atoms. The van der Waals surface area contributed by atoms with Gasteiger partial charge in [-0.25, -0.2) is 4.63 Å². The second-order valence-corrected chi connectivity index (χ2v) is 5.57. The van der Waals surface area contributed by atoms with Crippen molar-refractivity contribution in [3.05, 3.63) is 22.2 Å². The van der Waals surface area contributed by atoms with E-state index < -0.39 is 4.92 Å². The third kappa shape index (κ3) is 2.56. The van der Waals surface area contributed by atoms with E-state index in [1.54, 1.807) is 17.8 Å². The van der Waals surface area contributed by atoms with Gasteiger partial charge in [0.2, 0.25) is 5.52 Å². The zero-order chi connectivity index (χ0) is 13.1. The van der Waals surface area contributed by atoms with Gasteiger partial charge < -0.3 is 0 Å². The van der Waals surface area contributed by atoms with Crippen LogP contribution in [0, 0.1) is 10.1 Å². The summed E-state index contributed by atoms with van der Waals surface area (Å²) in [4.78, 5) is 11.1. The Labute approximate surface area is 112 Å². The van der Waals surface area contributed by atoms with Gasteiger partial charge in [0.25, 0.3) is 0 Å². The van der Waals surface area contributed by atoms with Crippen LogP contribution in [0.4, 0.5) is 5.69 Å². The van der Waals surface area contributed by atoms with Crippen molar-refractivity contribution in [2.75, 3.05) is 5.88 Å². The molecule has 1 atom stereocenters. The monoisotopic (exact) mass is 287 g/mol. The van der Waals surface area contributed by atoms with Crippen molar-refractivity contribution in [1.82, 2.24) is 10.3 Å². The summed E-state index contributed by atoms with van der Waals surface area (Å²) in [6, 6.07) is 3.09. The maximum absolute atomic E-state index is 10.8. The first kappa shape index (κ1) is 13.1. The third-order valence-electron chi connectivity index (χ3n) is 2.40. The Bertz CT molecular complexity index is 574. The van der Waals surface area contributed by atoms with Gasteiger partial charge in [-0.1, -0.05) is 6.92 Å². The van der Waals surface area contributed by atoms with Crippen LogP contribution in [0.25, 0.3) is 11.0 Å². The molecule has 1 aromatic heterocycles. The minimum Gasteiger partial charge on any atom is -0.258 e. The van der Waals surface area contributed by atoms with Gasteiger partial charge in [-0.2, -0.15) is 0 Å². The fourth-order valence-electron chi connectivity index (χ4n) is 1.50. The molecule has 0 aliphatic rings. The highest BCUT2D eigenvalue weighted by molar-refractivity contribution is 8.00. The lowest BCUT2D eigenvalue weighted by atomic mass is 10.3. The molecule has 0 saturated heterocycles. The number of aromatic nitrogens is 2. The lowest BCUT2D eigenvalue weighted by Crippen LogP contribution is -1.97. The highest BCUT2D eigenvalue weighted by Crippen LogP contribution is 2.34. The first-order valence-corrected chi connectivity index (χ1v) is 6.67. The van der Waals surface area contributed by atoms with Crippen molar-refractivity contribution in [3.8, 4) is 0 Å². The summed E-state index contributed by atoms with van der Waals surface area (Å²) >= 11 is 7.23. The molecule has 96 valence electrons. The number of fused-ring (bicyclic) bond motifs is 1. The normalized spacial score (nSPS) is 12.8. The van der Waals surface area contributed by atoms with E-state index in [1.807, 2.05) is 6.92 Å². The van der Waals surface area contributed by atoms with E-state index in [2.05, 4.69) is 14.9 Å². The number of nitrogens with zero attached hydrogens (tertiary/aromatic N) is 3. The molecule has 6 nitrogen and oxygen atoms in total. The maximum atomic E-state index is 10.8. The van der Waals surface area contributed by atoms with E-state index in [1.165, 1.54) is 6.07 Å². The van der Waals surface area contributed by atoms with E-state index in [9.17, 15) is 10.1 Å². The Morgan fingerprint density at radius 2 is 2.22 bits per heavy atom. The predicted molar refractivity (Wildman–Crippen MR) is 69.1 cm³/mol. The summed E-state index contributed by atoms with van der Waals surface area (Å²) in [5.41, 5.74) is 0.513. The molecule has 0 radical (unpaired) electrons. The van der Waals surface area contributed by atoms with Crippen LogP contribution < -0.4 is 0 Å². The van der Waals surface area contributed by atoms with E-state index in [4.69, 9.17) is 11.6 Å². The number of alkyl halides is 1. The van der Waals surface area contributed by atoms with Crippen molar-refractivity contribution in [1.29, 1.82) is 0 Å². The number of halogens is 1. The van der Waals surface area contributed by atoms with Gasteiger partial charge in [0.05, 0.1) is 4.92 Å². The van der Waals surface area contributed by atoms with Gasteiger partial charge in [0, 0.05) is 22.1 Å². The molecule has 18 heavy (non-hydrogen) atoms. The number of benzene rings is 1. The lowest BCUT2D eigenvalue weighted by molar-refractivity contribution is -0.383. The zero-order valence-corrected chi connectivity index (χ0v) is 11.1. The van der Waals surface area contributed by atoms with E-state index >= 15 is 0 Å². The molecule has 0 aliphatic carbocycles. The molecule has 1 heterocycles. The van der Waals surface area contributed by atoms with Gasteiger partial charge in [0.1, 0.15) is 0 Å². The van der Waals surface area contributed by atoms with Crippen molar-refractivity contribution >= 4 is 40.1 Å². The predicted octanol–water partition coefficient (Wildman–Crippen LogP) is 3.24. The minimum absolute atomic E-state index is 0.0967. The molecule has 0 fully saturated rings. The van der Waals surface area contributed by atoms with Crippen LogP contribution in [-0.4, -0.2) is 26.4 Å². The molecule has 0 amide bonds. The number of thioether (sulfide) groups is 1. The van der Waals surface area contributed by atoms with Crippen molar-refractivity contribution < 1.29 is 9.55 Å². The topological polar surface area (TPSA) is 82.1 Å². The van der Waals surface area contributed by atoms with Crippen molar-refractivity contribution in [2.45, 2.75) is 23.5 Å². The number of nitro benzene ring substituents is 1. The summed E-state index contributed by atoms with van der Waals surface area (Å²) in [6.07, 6.45) is 0.843. The van der Waals surface area contributed by atoms with Crippen LogP contribution in [0.5, 0.6) is 0 Å². The summed E-state index contributed by atoms with van der Waals surface area (Å²) in [6.45, 7) is 2.04. The Balaban J connectivity index is 2.38. The van der Waals surface area contributed by atoms with Crippen LogP contribution in [-0.2, 0) is 0 Å². The fraction of sp³-hybridized carbons (Fsp3) is 0.400. The minimum atomic E-state index is -0.497. The molecule has 8 heteroatoms. The van der Waals surface area contributed by atoms with Gasteiger partial charge >= 0.3 is 5.69 Å². The maximum Gasteiger partial charge on any atom is 0.300 e. The van der Waals surface area contributed by atoms with Gasteiger partial charge in [-0.15, -0.1) is 23.4 Å². The van der Waals surface area contributed by atoms with Gasteiger partial charge in [0.15, 0.2) is 5.52 Å². The molecule has 2 rings (SSSR count). The van der Waals surface area contributed by atoms with Crippen LogP contribution in [0.3, 0.4) is 0 Å². The average Bonchev–Trinajstić information content (AvgIpc) is 2.78. The summed E-state index contributed by atoms with van der Waals surface area (Å²) in [7, 11) is 0. The van der Waals surface area contributed by atoms with Crippen LogP contribution >= 0.6 is 23.4 Å². The number of hydrogen-bond acceptors (Lipinski definition) is 6. The Kier molecular flexibility index (Phi) is 4.03. The Morgan fingerprint density at radius 1 is 1.50 bits per heavy atom. The lowest BCUT2D eigenvalue weighted by Gasteiger charge is -2.08. The van der Waals surface area contributed by atoms with Gasteiger partial charge in [-0.3, -0.25) is 10.1 Å². The molecule has 0 aliphatic heterocycles. The second-order valence-electron chi connectivity index (χ2n) is 3.71. The molecule has 0 bridgehead atoms. The first-order chi connectivity index (χ1) is 8.63. The quantitative estimate of drug-likeness (QED) is 0.363. The highest BCUT2D eigenvalue weighted by atomic mass is 35.5. The molecule has 1 unspecified atom stereocenters. The number of rotatable bonds is 5. The Hall–Kier alpha value is -1.34. The van der Waals surface area contributed by atoms with E-state index in [0.29, 0.717) is 16.6 Å². The molecule has 0 saturated carbocycles. The third-order valence-corrected chi connectivity index (χ3v) is 3.84. The summed E-state index contributed by atoms with van der Waals surface area (Å²) in [5.74, 6) is 0.571. The van der Waals surface area contributed by atoms with Crippen LogP contribution in [0.15, 0.2) is 21.7 Å². The van der Waals surface area contributed by atoms with Crippen LogP contribution in [0.1, 0.15) is 13.3 Å². The summed E-state index contributed by atoms with van der Waals surface area (Å²) in [5, 5.41) is 18.4. The fourth-order valence-corrected chi connectivity index (χ4v) is 3.02. The average molecular weight is 288 g/mol. The van der Waals surface area contributed by atoms with Gasteiger partial charge in [-0.05, 0) is 22.8 Å². The summed E-state index contributed by atoms with van der Waals surface area (Å²) < 4.78 is 4.59. The van der Waals surface area contributed by atoms with Crippen molar-refractivity contribution in [3.63, 3.8) is 0 Å². The molecular formula is C10H10ClN3O3S. The van der Waals surface area contributed by atoms with E-state index in [0.717, 1.165) is 11.3 Å². The standard InChI is InChI=1S/C10H10ClN3O3S/c1-6(4-5-11)18-8-3-2-7(14(15)16)9-10(8)13-17-12-9/h2-3,6H,4-5H2,1H3. The smallest absolute Gasteiger partial charge is 0.258 e. The molecular weight excluding hydrogens is 278 g/mol. The number of hydrogen-bond donors (Lipinski definition) is 0. The largest absolute Gasteiger partial charge is 0.300 e. The molecule has 1 aromatic carbocycles. The SMILES string of the molecule is CC(CCCl)Sc1ccc([N+](=O)[O-])c2nonc12. The molecule has 2 aromatic rings. The van der Waals surface area contributed by atoms with E-state index in [-0.39, 0.29) is 11.2 Å². The highest BCUT2D eigenvalue weighted by Gasteiger charge is 2.20. The first-order valence-electron chi connectivity index (χ1n) is 5.25. The number of nitro groups is 1. The zero-order valence-electron chi connectivity index (χ0n) is 9.50. The Morgan fingerprint density at radius 3 is 2.89 bits per heavy atom. The molecule has 0 N–H and O–H groups in total. The second kappa shape index (κ2) is 5.53. The number of non-ortho nitro benzene ring substituents is 1. The van der Waals surface area contributed by atoms with Crippen LogP contribution in [0.2, 0.25) is 0 Å².